The van der Waals surface area contributed by atoms with Gasteiger partial charge in [-0.15, -0.1) is 11.6 Å². The Morgan fingerprint density at radius 2 is 1.95 bits per heavy atom. The number of carbonyl (C=O) groups excluding carboxylic acids is 1. The third-order valence-corrected chi connectivity index (χ3v) is 3.97. The standard InChI is InChI=1S/C12H10ClNO5S/c13-5-9(15)6-1-2-8-7(3-6)4-10(20(17,18)19)11(14)12(8)16/h1-4,16H,5,14H2,(H,17,18,19). The summed E-state index contributed by atoms with van der Waals surface area (Å²) >= 11 is 5.44. The van der Waals surface area contributed by atoms with Crippen molar-refractivity contribution in [3.63, 3.8) is 0 Å². The summed E-state index contributed by atoms with van der Waals surface area (Å²) in [7, 11) is -4.58. The van der Waals surface area contributed by atoms with Crippen LogP contribution in [0.3, 0.4) is 0 Å². The number of nitrogen functional groups attached to an aromatic ring is 1. The van der Waals surface area contributed by atoms with Crippen molar-refractivity contribution in [3.8, 4) is 5.75 Å². The second-order valence-corrected chi connectivity index (χ2v) is 5.76. The SMILES string of the molecule is Nc1c(S(=O)(=O)O)cc2cc(C(=O)CCl)ccc2c1O. The van der Waals surface area contributed by atoms with Crippen LogP contribution >= 0.6 is 11.6 Å². The number of anilines is 1. The van der Waals surface area contributed by atoms with Crippen molar-refractivity contribution < 1.29 is 22.9 Å². The average Bonchev–Trinajstić information content (AvgIpc) is 2.40. The Balaban J connectivity index is 2.82. The molecule has 0 unspecified atom stereocenters. The van der Waals surface area contributed by atoms with E-state index in [2.05, 4.69) is 0 Å². The van der Waals surface area contributed by atoms with Gasteiger partial charge in [0.15, 0.2) is 5.78 Å². The highest BCUT2D eigenvalue weighted by Gasteiger charge is 2.20. The largest absolute Gasteiger partial charge is 0.505 e. The monoisotopic (exact) mass is 315 g/mol. The molecule has 0 amide bonds. The minimum Gasteiger partial charge on any atom is -0.505 e. The van der Waals surface area contributed by atoms with Crippen LogP contribution in [-0.2, 0) is 10.1 Å². The van der Waals surface area contributed by atoms with Gasteiger partial charge in [0.1, 0.15) is 10.6 Å². The van der Waals surface area contributed by atoms with Crippen molar-refractivity contribution >= 4 is 44.0 Å². The summed E-state index contributed by atoms with van der Waals surface area (Å²) in [5.41, 5.74) is 5.30. The van der Waals surface area contributed by atoms with E-state index in [4.69, 9.17) is 21.9 Å². The highest BCUT2D eigenvalue weighted by Crippen LogP contribution is 2.36. The Bertz CT molecular complexity index is 816. The first kappa shape index (κ1) is 14.6. The van der Waals surface area contributed by atoms with Crippen molar-refractivity contribution in [2.75, 3.05) is 11.6 Å². The lowest BCUT2D eigenvalue weighted by Crippen LogP contribution is -2.04. The zero-order chi connectivity index (χ0) is 15.1. The van der Waals surface area contributed by atoms with Crippen molar-refractivity contribution in [2.24, 2.45) is 0 Å². The molecular formula is C12H10ClNO5S. The third kappa shape index (κ3) is 2.43. The second kappa shape index (κ2) is 4.93. The number of phenolic OH excluding ortho intramolecular Hbond substituents is 1. The Morgan fingerprint density at radius 1 is 1.30 bits per heavy atom. The van der Waals surface area contributed by atoms with Crippen LogP contribution in [-0.4, -0.2) is 29.7 Å². The van der Waals surface area contributed by atoms with Crippen molar-refractivity contribution in [2.45, 2.75) is 4.90 Å². The lowest BCUT2D eigenvalue weighted by molar-refractivity contribution is 0.102. The fraction of sp³-hybridized carbons (Fsp3) is 0.0833. The number of nitrogens with two attached hydrogens (primary N) is 1. The molecule has 20 heavy (non-hydrogen) atoms. The minimum atomic E-state index is -4.58. The first-order valence-corrected chi connectivity index (χ1v) is 7.35. The fourth-order valence-electron chi connectivity index (χ4n) is 1.84. The number of benzene rings is 2. The molecule has 0 aliphatic rings. The van der Waals surface area contributed by atoms with Gasteiger partial charge in [0.25, 0.3) is 10.1 Å². The molecule has 0 aliphatic heterocycles. The molecule has 0 aromatic heterocycles. The number of phenols is 1. The van der Waals surface area contributed by atoms with Gasteiger partial charge in [0.2, 0.25) is 0 Å². The number of hydrogen-bond donors (Lipinski definition) is 3. The maximum absolute atomic E-state index is 11.5. The number of rotatable bonds is 3. The van der Waals surface area contributed by atoms with E-state index in [-0.39, 0.29) is 28.0 Å². The number of Topliss-reactive ketones (excluding diaryl/α,β-unsaturated/α-hetero) is 1. The molecule has 106 valence electrons. The van der Waals surface area contributed by atoms with Gasteiger partial charge in [-0.25, -0.2) is 0 Å². The summed E-state index contributed by atoms with van der Waals surface area (Å²) in [6.45, 7) is 0. The van der Waals surface area contributed by atoms with E-state index in [0.717, 1.165) is 6.07 Å². The third-order valence-electron chi connectivity index (χ3n) is 2.84. The first-order valence-electron chi connectivity index (χ1n) is 5.37. The lowest BCUT2D eigenvalue weighted by Gasteiger charge is -2.09. The summed E-state index contributed by atoms with van der Waals surface area (Å²) in [6, 6.07) is 5.33. The second-order valence-electron chi connectivity index (χ2n) is 4.10. The summed E-state index contributed by atoms with van der Waals surface area (Å²) < 4.78 is 31.5. The van der Waals surface area contributed by atoms with Crippen LogP contribution in [0.25, 0.3) is 10.8 Å². The van der Waals surface area contributed by atoms with Crippen molar-refractivity contribution in [3.05, 3.63) is 29.8 Å². The van der Waals surface area contributed by atoms with E-state index < -0.39 is 26.5 Å². The zero-order valence-corrected chi connectivity index (χ0v) is 11.6. The van der Waals surface area contributed by atoms with Crippen LogP contribution in [0.15, 0.2) is 29.2 Å². The molecule has 0 radical (unpaired) electrons. The van der Waals surface area contributed by atoms with Crippen molar-refractivity contribution in [1.29, 1.82) is 0 Å². The molecule has 0 spiro atoms. The van der Waals surface area contributed by atoms with Crippen LogP contribution in [0.4, 0.5) is 5.69 Å². The minimum absolute atomic E-state index is 0.225. The van der Waals surface area contributed by atoms with Crippen LogP contribution in [0.2, 0.25) is 0 Å². The lowest BCUT2D eigenvalue weighted by atomic mass is 10.0. The van der Waals surface area contributed by atoms with Gasteiger partial charge < -0.3 is 10.8 Å². The van der Waals surface area contributed by atoms with Crippen LogP contribution < -0.4 is 5.73 Å². The average molecular weight is 316 g/mol. The molecule has 6 nitrogen and oxygen atoms in total. The fourth-order valence-corrected chi connectivity index (χ4v) is 2.65. The van der Waals surface area contributed by atoms with Crippen molar-refractivity contribution in [1.82, 2.24) is 0 Å². The number of halogens is 1. The Morgan fingerprint density at radius 3 is 2.50 bits per heavy atom. The van der Waals surface area contributed by atoms with E-state index in [1.54, 1.807) is 0 Å². The van der Waals surface area contributed by atoms with Gasteiger partial charge in [-0.05, 0) is 23.6 Å². The van der Waals surface area contributed by atoms with Crippen LogP contribution in [0.5, 0.6) is 5.75 Å². The van der Waals surface area contributed by atoms with E-state index in [1.807, 2.05) is 0 Å². The molecule has 0 saturated heterocycles. The van der Waals surface area contributed by atoms with Gasteiger partial charge in [0, 0.05) is 10.9 Å². The summed E-state index contributed by atoms with van der Waals surface area (Å²) in [4.78, 5) is 10.9. The zero-order valence-electron chi connectivity index (χ0n) is 10.00. The number of aromatic hydroxyl groups is 1. The molecule has 2 rings (SSSR count). The number of hydrogen-bond acceptors (Lipinski definition) is 5. The summed E-state index contributed by atoms with van der Waals surface area (Å²) in [5, 5.41) is 10.4. The van der Waals surface area contributed by atoms with E-state index >= 15 is 0 Å². The number of fused-ring (bicyclic) bond motifs is 1. The molecular weight excluding hydrogens is 306 g/mol. The number of carbonyl (C=O) groups is 1. The van der Waals surface area contributed by atoms with Gasteiger partial charge in [-0.1, -0.05) is 6.07 Å². The molecule has 4 N–H and O–H groups in total. The molecule has 2 aromatic carbocycles. The highest BCUT2D eigenvalue weighted by molar-refractivity contribution is 7.86. The molecule has 0 saturated carbocycles. The molecule has 0 heterocycles. The maximum Gasteiger partial charge on any atom is 0.296 e. The normalized spacial score (nSPS) is 11.7. The predicted molar refractivity (Wildman–Crippen MR) is 74.9 cm³/mol. The molecule has 0 bridgehead atoms. The van der Waals surface area contributed by atoms with E-state index in [1.165, 1.54) is 18.2 Å². The maximum atomic E-state index is 11.5. The summed E-state index contributed by atoms with van der Waals surface area (Å²) in [5.74, 6) is -1.05. The van der Waals surface area contributed by atoms with Gasteiger partial charge in [0.05, 0.1) is 11.6 Å². The Hall–Kier alpha value is -1.83. The van der Waals surface area contributed by atoms with Crippen LogP contribution in [0.1, 0.15) is 10.4 Å². The molecule has 0 fully saturated rings. The molecule has 8 heteroatoms. The molecule has 0 aliphatic carbocycles. The molecule has 0 atom stereocenters. The Labute approximate surface area is 119 Å². The van der Waals surface area contributed by atoms with Gasteiger partial charge in [-0.2, -0.15) is 8.42 Å². The Kier molecular flexibility index (Phi) is 3.59. The number of alkyl halides is 1. The highest BCUT2D eigenvalue weighted by atomic mass is 35.5. The topological polar surface area (TPSA) is 118 Å². The van der Waals surface area contributed by atoms with E-state index in [0.29, 0.717) is 0 Å². The quantitative estimate of drug-likeness (QED) is 0.261. The van der Waals surface area contributed by atoms with Gasteiger partial charge in [-0.3, -0.25) is 9.35 Å². The smallest absolute Gasteiger partial charge is 0.296 e. The molecule has 2 aromatic rings. The van der Waals surface area contributed by atoms with Gasteiger partial charge >= 0.3 is 0 Å². The summed E-state index contributed by atoms with van der Waals surface area (Å²) in [6.07, 6.45) is 0. The first-order chi connectivity index (χ1) is 9.25. The number of ketones is 1. The van der Waals surface area contributed by atoms with Crippen LogP contribution in [0, 0.1) is 0 Å². The van der Waals surface area contributed by atoms with E-state index in [9.17, 15) is 18.3 Å². The predicted octanol–water partition coefficient (Wildman–Crippen LogP) is 1.80.